The summed E-state index contributed by atoms with van der Waals surface area (Å²) in [6, 6.07) is 15.3. The van der Waals surface area contributed by atoms with E-state index in [1.165, 1.54) is 38.2 Å². The predicted octanol–water partition coefficient (Wildman–Crippen LogP) is 2.95. The van der Waals surface area contributed by atoms with E-state index in [4.69, 9.17) is 5.73 Å². The van der Waals surface area contributed by atoms with Gasteiger partial charge in [-0.15, -0.1) is 0 Å². The zero-order valence-electron chi connectivity index (χ0n) is 32.4. The van der Waals surface area contributed by atoms with Crippen molar-refractivity contribution >= 4 is 29.6 Å². The summed E-state index contributed by atoms with van der Waals surface area (Å²) in [6.45, 7) is 3.53. The molecule has 0 heterocycles. The Morgan fingerprint density at radius 2 is 1.23 bits per heavy atom. The van der Waals surface area contributed by atoms with Crippen molar-refractivity contribution in [1.82, 2.24) is 20.9 Å². The van der Waals surface area contributed by atoms with E-state index in [-0.39, 0.29) is 30.8 Å². The molecule has 3 rings (SSSR count). The molecule has 304 valence electrons. The first-order valence-corrected chi connectivity index (χ1v) is 19.1. The average Bonchev–Trinajstić information content (AvgIpc) is 3.18. The Hall–Kier alpha value is -5.47. The number of nitrogens with two attached hydrogens (primary N) is 1. The second-order valence-electron chi connectivity index (χ2n) is 14.2. The number of aliphatic hydroxyl groups is 1. The Balaban J connectivity index is 1.82. The molecule has 0 aliphatic rings. The number of nitrogens with zero attached hydrogens (tertiary/aromatic N) is 1. The molecule has 0 aliphatic heterocycles. The maximum Gasteiger partial charge on any atom is 0.326 e. The van der Waals surface area contributed by atoms with Crippen molar-refractivity contribution in [3.8, 4) is 11.5 Å². The van der Waals surface area contributed by atoms with E-state index in [9.17, 15) is 44.4 Å². The third-order valence-corrected chi connectivity index (χ3v) is 9.72. The summed E-state index contributed by atoms with van der Waals surface area (Å²) in [7, 11) is 1.38. The summed E-state index contributed by atoms with van der Waals surface area (Å²) in [4.78, 5) is 68.2. The van der Waals surface area contributed by atoms with Gasteiger partial charge in [0.2, 0.25) is 17.7 Å². The van der Waals surface area contributed by atoms with Crippen LogP contribution in [-0.4, -0.2) is 98.3 Å². The molecule has 6 atom stereocenters. The van der Waals surface area contributed by atoms with Crippen LogP contribution in [0.15, 0.2) is 78.9 Å². The molecule has 0 radical (unpaired) electrons. The topological polar surface area (TPSA) is 232 Å². The molecule has 0 aliphatic carbocycles. The lowest BCUT2D eigenvalue weighted by molar-refractivity contribution is -0.144. The number of amides is 4. The van der Waals surface area contributed by atoms with Crippen molar-refractivity contribution in [3.63, 3.8) is 0 Å². The highest BCUT2D eigenvalue weighted by Gasteiger charge is 2.35. The highest BCUT2D eigenvalue weighted by Crippen LogP contribution is 2.17. The summed E-state index contributed by atoms with van der Waals surface area (Å²) in [5, 5.41) is 47.9. The maximum absolute atomic E-state index is 14.2. The molecule has 9 N–H and O–H groups in total. The number of aryl methyl sites for hydroxylation is 1. The van der Waals surface area contributed by atoms with Gasteiger partial charge in [0.1, 0.15) is 41.8 Å². The number of likely N-dealkylation sites (N-methyl/N-ethyl adjacent to an activating group) is 1. The van der Waals surface area contributed by atoms with Crippen LogP contribution in [0.2, 0.25) is 0 Å². The number of phenolic OH excluding ortho intramolecular Hbond substituents is 2. The molecule has 0 aromatic heterocycles. The van der Waals surface area contributed by atoms with E-state index < -0.39 is 65.9 Å². The number of carbonyl (C=O) groups is 5. The zero-order valence-corrected chi connectivity index (χ0v) is 32.4. The van der Waals surface area contributed by atoms with Crippen LogP contribution in [0.4, 0.5) is 0 Å². The number of hydrogen-bond acceptors (Lipinski definition) is 9. The molecule has 0 saturated heterocycles. The number of carboxylic acid groups (broad SMARTS) is 1. The summed E-state index contributed by atoms with van der Waals surface area (Å²) in [5.41, 5.74) is 8.09. The number of phenols is 2. The molecule has 4 amide bonds. The second-order valence-corrected chi connectivity index (χ2v) is 14.2. The van der Waals surface area contributed by atoms with E-state index >= 15 is 0 Å². The van der Waals surface area contributed by atoms with Gasteiger partial charge in [0, 0.05) is 25.9 Å². The van der Waals surface area contributed by atoms with Crippen LogP contribution < -0.4 is 21.7 Å². The fraction of sp³-hybridized carbons (Fsp3) is 0.452. The third kappa shape index (κ3) is 14.6. The van der Waals surface area contributed by atoms with Crippen LogP contribution in [0.25, 0.3) is 0 Å². The van der Waals surface area contributed by atoms with Crippen LogP contribution in [-0.2, 0) is 43.2 Å². The van der Waals surface area contributed by atoms with Crippen molar-refractivity contribution in [1.29, 1.82) is 0 Å². The average molecular weight is 776 g/mol. The summed E-state index contributed by atoms with van der Waals surface area (Å²) < 4.78 is 0. The van der Waals surface area contributed by atoms with Gasteiger partial charge >= 0.3 is 5.97 Å². The number of rotatable bonds is 23. The SMILES string of the molecule is CCCCCCCC(N)C(O)C(=O)NC(C)C(=O)N(C)C(Cc1ccc(O)cc1)C(=O)NC(CCc1ccccc1)C(=O)NC(Cc1ccc(O)cc1)C(=O)O. The van der Waals surface area contributed by atoms with Crippen molar-refractivity contribution in [2.45, 2.75) is 114 Å². The molecule has 0 fully saturated rings. The molecular formula is C42H57N5O9. The minimum atomic E-state index is -1.55. The first-order chi connectivity index (χ1) is 26.7. The molecular weight excluding hydrogens is 718 g/mol. The number of aromatic hydroxyl groups is 2. The minimum Gasteiger partial charge on any atom is -0.508 e. The van der Waals surface area contributed by atoms with Gasteiger partial charge in [0.25, 0.3) is 5.91 Å². The summed E-state index contributed by atoms with van der Waals surface area (Å²) in [5.74, 6) is -4.28. The van der Waals surface area contributed by atoms with Gasteiger partial charge in [-0.1, -0.05) is 93.6 Å². The Morgan fingerprint density at radius 3 is 1.80 bits per heavy atom. The number of aliphatic carboxylic acids is 1. The minimum absolute atomic E-state index is 0.000666. The van der Waals surface area contributed by atoms with Crippen molar-refractivity contribution in [3.05, 3.63) is 95.6 Å². The normalized spacial score (nSPS) is 14.3. The molecule has 0 spiro atoms. The number of carboxylic acids is 1. The van der Waals surface area contributed by atoms with Crippen LogP contribution >= 0.6 is 0 Å². The first-order valence-electron chi connectivity index (χ1n) is 19.1. The lowest BCUT2D eigenvalue weighted by atomic mass is 10.00. The van der Waals surface area contributed by atoms with Crippen molar-refractivity contribution < 1.29 is 44.4 Å². The second kappa shape index (κ2) is 22.8. The summed E-state index contributed by atoms with van der Waals surface area (Å²) >= 11 is 0. The smallest absolute Gasteiger partial charge is 0.326 e. The fourth-order valence-electron chi connectivity index (χ4n) is 6.25. The monoisotopic (exact) mass is 775 g/mol. The van der Waals surface area contributed by atoms with E-state index in [1.54, 1.807) is 24.3 Å². The third-order valence-electron chi connectivity index (χ3n) is 9.72. The number of unbranched alkanes of at least 4 members (excludes halogenated alkanes) is 4. The molecule has 0 bridgehead atoms. The van der Waals surface area contributed by atoms with Gasteiger partial charge in [-0.05, 0) is 67.1 Å². The van der Waals surface area contributed by atoms with Gasteiger partial charge in [0.15, 0.2) is 0 Å². The van der Waals surface area contributed by atoms with E-state index in [1.807, 2.05) is 30.3 Å². The van der Waals surface area contributed by atoms with Gasteiger partial charge in [-0.25, -0.2) is 4.79 Å². The van der Waals surface area contributed by atoms with E-state index in [0.29, 0.717) is 24.0 Å². The van der Waals surface area contributed by atoms with Crippen molar-refractivity contribution in [2.75, 3.05) is 7.05 Å². The zero-order chi connectivity index (χ0) is 41.2. The van der Waals surface area contributed by atoms with Crippen LogP contribution in [0.1, 0.15) is 75.5 Å². The van der Waals surface area contributed by atoms with Crippen LogP contribution in [0.3, 0.4) is 0 Å². The maximum atomic E-state index is 14.2. The molecule has 3 aromatic carbocycles. The molecule has 56 heavy (non-hydrogen) atoms. The van der Waals surface area contributed by atoms with E-state index in [0.717, 1.165) is 42.6 Å². The molecule has 6 unspecified atom stereocenters. The van der Waals surface area contributed by atoms with Crippen LogP contribution in [0, 0.1) is 0 Å². The lowest BCUT2D eigenvalue weighted by Gasteiger charge is -2.32. The van der Waals surface area contributed by atoms with Crippen molar-refractivity contribution in [2.24, 2.45) is 5.73 Å². The van der Waals surface area contributed by atoms with Gasteiger partial charge in [-0.2, -0.15) is 0 Å². The van der Waals surface area contributed by atoms with Gasteiger partial charge < -0.3 is 47.0 Å². The summed E-state index contributed by atoms with van der Waals surface area (Å²) in [6.07, 6.45) is 4.04. The Kier molecular flexibility index (Phi) is 18.3. The van der Waals surface area contributed by atoms with Gasteiger partial charge in [-0.3, -0.25) is 19.2 Å². The van der Waals surface area contributed by atoms with Crippen LogP contribution in [0.5, 0.6) is 11.5 Å². The molecule has 0 saturated carbocycles. The highest BCUT2D eigenvalue weighted by molar-refractivity contribution is 5.95. The predicted molar refractivity (Wildman–Crippen MR) is 211 cm³/mol. The standard InChI is InChI=1S/C42H57N5O9/c1-4-5-6-7-11-14-33(43)37(50)40(53)44-27(2)41(54)47(3)36(26-30-17-22-32(49)23-18-30)39(52)45-34(24-19-28-12-9-8-10-13-28)38(51)46-35(42(55)56)25-29-15-20-31(48)21-16-29/h8-10,12-13,15-18,20-23,27,33-37,48-50H,4-7,11,14,19,24-26,43H2,1-3H3,(H,44,53)(H,45,52)(H,46,51)(H,55,56). The number of carbonyl (C=O) groups excluding carboxylic acids is 4. The number of benzene rings is 3. The Morgan fingerprint density at radius 1 is 0.679 bits per heavy atom. The molecule has 14 nitrogen and oxygen atoms in total. The van der Waals surface area contributed by atoms with E-state index in [2.05, 4.69) is 22.9 Å². The molecule has 3 aromatic rings. The highest BCUT2D eigenvalue weighted by atomic mass is 16.4. The largest absolute Gasteiger partial charge is 0.508 e. The quantitative estimate of drug-likeness (QED) is 0.0657. The Bertz CT molecular complexity index is 1710. The number of aliphatic hydroxyl groups excluding tert-OH is 1. The molecule has 14 heteroatoms. The first kappa shape index (κ1) is 44.9. The number of hydrogen-bond donors (Lipinski definition) is 8. The Labute approximate surface area is 328 Å². The lowest BCUT2D eigenvalue weighted by Crippen LogP contribution is -2.59. The number of nitrogens with one attached hydrogen (secondary N) is 3. The fourth-order valence-corrected chi connectivity index (χ4v) is 6.25. The van der Waals surface area contributed by atoms with Gasteiger partial charge in [0.05, 0.1) is 0 Å².